The maximum atomic E-state index is 12.0. The SMILES string of the molecule is CS(=O)(=O)N1CCOC2CCN(Cc3cccnc3)CCC21.O=C(O)C(F)(F)F.O=C(O)C(F)(F)F. The number of hydrogen-bond donors (Lipinski definition) is 2. The molecule has 2 saturated heterocycles. The van der Waals surface area contributed by atoms with Crippen LogP contribution in [0.2, 0.25) is 0 Å². The topological polar surface area (TPSA) is 137 Å². The van der Waals surface area contributed by atoms with Crippen LogP contribution in [0.15, 0.2) is 24.5 Å². The van der Waals surface area contributed by atoms with Crippen molar-refractivity contribution in [3.8, 4) is 0 Å². The number of aliphatic carboxylic acids is 2. The first kappa shape index (κ1) is 31.5. The highest BCUT2D eigenvalue weighted by molar-refractivity contribution is 7.88. The number of rotatable bonds is 3. The molecule has 3 rings (SSSR count). The van der Waals surface area contributed by atoms with Crippen LogP contribution in [-0.2, 0) is 30.9 Å². The summed E-state index contributed by atoms with van der Waals surface area (Å²) in [6.07, 6.45) is -3.50. The third-order valence-corrected chi connectivity index (χ3v) is 6.26. The van der Waals surface area contributed by atoms with Crippen molar-refractivity contribution in [2.45, 2.75) is 43.9 Å². The number of alkyl halides is 6. The number of pyridine rings is 1. The molecule has 0 aliphatic carbocycles. The largest absolute Gasteiger partial charge is 0.490 e. The Labute approximate surface area is 202 Å². The molecule has 0 radical (unpaired) electrons. The molecule has 206 valence electrons. The summed E-state index contributed by atoms with van der Waals surface area (Å²) >= 11 is 0. The predicted octanol–water partition coefficient (Wildman–Crippen LogP) is 1.97. The third kappa shape index (κ3) is 11.0. The molecule has 0 saturated carbocycles. The maximum absolute atomic E-state index is 12.0. The average Bonchev–Trinajstić information content (AvgIpc) is 2.95. The lowest BCUT2D eigenvalue weighted by molar-refractivity contribution is -0.193. The van der Waals surface area contributed by atoms with Crippen LogP contribution in [0.4, 0.5) is 26.3 Å². The molecule has 1 aromatic heterocycles. The maximum Gasteiger partial charge on any atom is 0.490 e. The number of sulfonamides is 1. The van der Waals surface area contributed by atoms with E-state index in [-0.39, 0.29) is 12.1 Å². The lowest BCUT2D eigenvalue weighted by Crippen LogP contribution is -2.53. The van der Waals surface area contributed by atoms with E-state index in [0.717, 1.165) is 32.5 Å². The van der Waals surface area contributed by atoms with E-state index < -0.39 is 34.3 Å². The van der Waals surface area contributed by atoms with Crippen molar-refractivity contribution in [2.75, 3.05) is 32.5 Å². The van der Waals surface area contributed by atoms with E-state index in [1.165, 1.54) is 11.8 Å². The average molecular weight is 553 g/mol. The molecule has 10 nitrogen and oxygen atoms in total. The first-order chi connectivity index (χ1) is 16.4. The van der Waals surface area contributed by atoms with E-state index in [1.807, 2.05) is 12.3 Å². The van der Waals surface area contributed by atoms with Gasteiger partial charge in [-0.3, -0.25) is 9.88 Å². The smallest absolute Gasteiger partial charge is 0.475 e. The summed E-state index contributed by atoms with van der Waals surface area (Å²) in [5, 5.41) is 14.2. The highest BCUT2D eigenvalue weighted by Crippen LogP contribution is 2.26. The van der Waals surface area contributed by atoms with Crippen molar-refractivity contribution in [1.29, 1.82) is 0 Å². The van der Waals surface area contributed by atoms with Gasteiger partial charge in [0.1, 0.15) is 0 Å². The van der Waals surface area contributed by atoms with Gasteiger partial charge in [-0.05, 0) is 24.5 Å². The Morgan fingerprint density at radius 1 is 1.06 bits per heavy atom. The van der Waals surface area contributed by atoms with Crippen molar-refractivity contribution in [2.24, 2.45) is 0 Å². The molecule has 3 heterocycles. The van der Waals surface area contributed by atoms with Gasteiger partial charge in [0, 0.05) is 38.6 Å². The van der Waals surface area contributed by atoms with E-state index in [4.69, 9.17) is 24.5 Å². The summed E-state index contributed by atoms with van der Waals surface area (Å²) in [6.45, 7) is 3.63. The van der Waals surface area contributed by atoms with Gasteiger partial charge in [-0.25, -0.2) is 18.0 Å². The quantitative estimate of drug-likeness (QED) is 0.539. The summed E-state index contributed by atoms with van der Waals surface area (Å²) in [7, 11) is -3.16. The number of carboxylic acid groups (broad SMARTS) is 2. The Balaban J connectivity index is 0.000000383. The van der Waals surface area contributed by atoms with Crippen LogP contribution in [-0.4, -0.2) is 102 Å². The van der Waals surface area contributed by atoms with Crippen molar-refractivity contribution in [3.05, 3.63) is 30.1 Å². The molecule has 36 heavy (non-hydrogen) atoms. The molecule has 2 unspecified atom stereocenters. The highest BCUT2D eigenvalue weighted by Gasteiger charge is 2.40. The Morgan fingerprint density at radius 2 is 1.58 bits per heavy atom. The molecule has 17 heteroatoms. The monoisotopic (exact) mass is 553 g/mol. The summed E-state index contributed by atoms with van der Waals surface area (Å²) < 4.78 is 94.9. The number of morpholine rings is 1. The summed E-state index contributed by atoms with van der Waals surface area (Å²) in [5.41, 5.74) is 1.19. The molecule has 2 fully saturated rings. The number of halogens is 6. The predicted molar refractivity (Wildman–Crippen MR) is 111 cm³/mol. The van der Waals surface area contributed by atoms with Crippen molar-refractivity contribution < 1.29 is 59.3 Å². The fraction of sp³-hybridized carbons (Fsp3) is 0.632. The number of carboxylic acids is 2. The van der Waals surface area contributed by atoms with Crippen LogP contribution in [0.1, 0.15) is 18.4 Å². The number of hydrogen-bond acceptors (Lipinski definition) is 7. The zero-order valence-corrected chi connectivity index (χ0v) is 19.7. The molecule has 0 bridgehead atoms. The first-order valence-electron chi connectivity index (χ1n) is 10.2. The van der Waals surface area contributed by atoms with Crippen LogP contribution in [0.25, 0.3) is 0 Å². The Kier molecular flexibility index (Phi) is 11.5. The van der Waals surface area contributed by atoms with Gasteiger partial charge in [-0.2, -0.15) is 30.6 Å². The number of nitrogens with zero attached hydrogens (tertiary/aromatic N) is 3. The third-order valence-electron chi connectivity index (χ3n) is 4.95. The van der Waals surface area contributed by atoms with Gasteiger partial charge < -0.3 is 14.9 Å². The Bertz CT molecular complexity index is 937. The van der Waals surface area contributed by atoms with E-state index >= 15 is 0 Å². The van der Waals surface area contributed by atoms with E-state index in [9.17, 15) is 34.8 Å². The molecule has 0 spiro atoms. The van der Waals surface area contributed by atoms with Crippen LogP contribution in [0, 0.1) is 0 Å². The van der Waals surface area contributed by atoms with E-state index in [1.54, 1.807) is 10.5 Å². The summed E-state index contributed by atoms with van der Waals surface area (Å²) in [6, 6.07) is 3.99. The van der Waals surface area contributed by atoms with Gasteiger partial charge in [0.15, 0.2) is 0 Å². The van der Waals surface area contributed by atoms with Gasteiger partial charge in [0.2, 0.25) is 10.0 Å². The normalized spacial score (nSPS) is 21.5. The van der Waals surface area contributed by atoms with Crippen LogP contribution < -0.4 is 0 Å². The second-order valence-corrected chi connectivity index (χ2v) is 9.61. The van der Waals surface area contributed by atoms with Gasteiger partial charge in [0.05, 0.1) is 25.0 Å². The molecule has 0 amide bonds. The van der Waals surface area contributed by atoms with E-state index in [0.29, 0.717) is 13.2 Å². The molecule has 2 atom stereocenters. The molecule has 0 aromatic carbocycles. The molecule has 2 aliphatic heterocycles. The Morgan fingerprint density at radius 3 is 2.03 bits per heavy atom. The minimum atomic E-state index is -5.08. The number of aromatic nitrogens is 1. The zero-order valence-electron chi connectivity index (χ0n) is 18.9. The molecule has 2 aliphatic rings. The van der Waals surface area contributed by atoms with Crippen LogP contribution in [0.3, 0.4) is 0 Å². The minimum Gasteiger partial charge on any atom is -0.475 e. The van der Waals surface area contributed by atoms with Gasteiger partial charge in [-0.1, -0.05) is 6.07 Å². The van der Waals surface area contributed by atoms with Gasteiger partial charge in [0.25, 0.3) is 0 Å². The lowest BCUT2D eigenvalue weighted by atomic mass is 10.0. The standard InChI is InChI=1S/C15H23N3O3S.2C2HF3O2/c1-22(19,20)18-9-10-21-15-5-8-17(7-4-14(15)18)12-13-3-2-6-16-11-13;2*3-2(4,5)1(6)7/h2-3,6,11,14-15H,4-5,7-10,12H2,1H3;2*(H,6,7). The molecule has 1 aromatic rings. The molecular formula is C19H25F6N3O7S. The minimum absolute atomic E-state index is 0.0161. The van der Waals surface area contributed by atoms with Gasteiger partial charge >= 0.3 is 24.3 Å². The van der Waals surface area contributed by atoms with Crippen LogP contribution >= 0.6 is 0 Å². The van der Waals surface area contributed by atoms with Gasteiger partial charge in [-0.15, -0.1) is 0 Å². The lowest BCUT2D eigenvalue weighted by Gasteiger charge is -2.38. The van der Waals surface area contributed by atoms with Crippen molar-refractivity contribution in [3.63, 3.8) is 0 Å². The number of fused-ring (bicyclic) bond motifs is 1. The fourth-order valence-electron chi connectivity index (χ4n) is 3.42. The number of carbonyl (C=O) groups is 2. The Hall–Kier alpha value is -2.50. The zero-order chi connectivity index (χ0) is 27.7. The van der Waals surface area contributed by atoms with Crippen molar-refractivity contribution >= 4 is 22.0 Å². The number of likely N-dealkylation sites (tertiary alicyclic amines) is 1. The summed E-state index contributed by atoms with van der Waals surface area (Å²) in [5.74, 6) is -5.51. The summed E-state index contributed by atoms with van der Waals surface area (Å²) in [4.78, 5) is 24.3. The second kappa shape index (κ2) is 13.2. The fourth-order valence-corrected chi connectivity index (χ4v) is 4.56. The van der Waals surface area contributed by atoms with E-state index in [2.05, 4.69) is 16.0 Å². The highest BCUT2D eigenvalue weighted by atomic mass is 32.2. The van der Waals surface area contributed by atoms with Crippen LogP contribution in [0.5, 0.6) is 0 Å². The van der Waals surface area contributed by atoms with Crippen molar-refractivity contribution in [1.82, 2.24) is 14.2 Å². The molecule has 2 N–H and O–H groups in total. The molecular weight excluding hydrogens is 528 g/mol. The first-order valence-corrected chi connectivity index (χ1v) is 12.1. The number of ether oxygens (including phenoxy) is 1. The second-order valence-electron chi connectivity index (χ2n) is 7.67.